The van der Waals surface area contributed by atoms with Crippen molar-refractivity contribution in [2.75, 3.05) is 0 Å². The minimum Gasteiger partial charge on any atom is -0.481 e. The number of allylic oxidation sites excluding steroid dienone is 6. The molecule has 0 saturated heterocycles. The van der Waals surface area contributed by atoms with Crippen molar-refractivity contribution < 1.29 is 19.8 Å². The molecule has 0 unspecified atom stereocenters. The molecule has 2 aliphatic rings. The van der Waals surface area contributed by atoms with Crippen LogP contribution in [0.5, 0.6) is 0 Å². The van der Waals surface area contributed by atoms with Crippen LogP contribution in [0.15, 0.2) is 36.5 Å². The second-order valence-corrected chi connectivity index (χ2v) is 9.31. The van der Waals surface area contributed by atoms with Gasteiger partial charge < -0.3 is 10.2 Å². The van der Waals surface area contributed by atoms with Gasteiger partial charge in [0.2, 0.25) is 0 Å². The Labute approximate surface area is 182 Å². The van der Waals surface area contributed by atoms with Gasteiger partial charge in [0.1, 0.15) is 0 Å². The SMILES string of the molecule is O=C(O)C1(CCCCCC/C=C\CCCCCCC2(C(=O)O)CC=CC2)CC=CC1. The van der Waals surface area contributed by atoms with Gasteiger partial charge in [0.05, 0.1) is 10.8 Å². The summed E-state index contributed by atoms with van der Waals surface area (Å²) in [5, 5.41) is 18.9. The van der Waals surface area contributed by atoms with Gasteiger partial charge in [-0.2, -0.15) is 0 Å². The minimum atomic E-state index is -0.632. The summed E-state index contributed by atoms with van der Waals surface area (Å²) in [6.45, 7) is 0. The molecule has 0 aromatic heterocycles. The fourth-order valence-corrected chi connectivity index (χ4v) is 4.77. The number of unbranched alkanes of at least 4 members (excludes halogenated alkanes) is 8. The van der Waals surface area contributed by atoms with E-state index in [4.69, 9.17) is 0 Å². The van der Waals surface area contributed by atoms with E-state index in [1.807, 2.05) is 24.3 Å². The van der Waals surface area contributed by atoms with Crippen molar-refractivity contribution in [1.29, 1.82) is 0 Å². The third-order valence-electron chi connectivity index (χ3n) is 6.99. The quantitative estimate of drug-likeness (QED) is 0.208. The molecule has 168 valence electrons. The van der Waals surface area contributed by atoms with Gasteiger partial charge in [-0.15, -0.1) is 0 Å². The molecule has 0 aliphatic heterocycles. The average Bonchev–Trinajstić information content (AvgIpc) is 3.39. The molecule has 0 aromatic rings. The zero-order valence-electron chi connectivity index (χ0n) is 18.5. The molecule has 4 heteroatoms. The lowest BCUT2D eigenvalue weighted by Gasteiger charge is -2.23. The topological polar surface area (TPSA) is 74.6 Å². The summed E-state index contributed by atoms with van der Waals surface area (Å²) in [7, 11) is 0. The van der Waals surface area contributed by atoms with Crippen LogP contribution in [-0.4, -0.2) is 22.2 Å². The Hall–Kier alpha value is -1.84. The van der Waals surface area contributed by atoms with Gasteiger partial charge in [-0.25, -0.2) is 0 Å². The Balaban J connectivity index is 1.40. The van der Waals surface area contributed by atoms with Crippen molar-refractivity contribution in [1.82, 2.24) is 0 Å². The molecule has 0 heterocycles. The Morgan fingerprint density at radius 1 is 0.600 bits per heavy atom. The van der Waals surface area contributed by atoms with Crippen molar-refractivity contribution in [2.24, 2.45) is 10.8 Å². The van der Waals surface area contributed by atoms with Crippen LogP contribution in [0.25, 0.3) is 0 Å². The van der Waals surface area contributed by atoms with E-state index < -0.39 is 22.8 Å². The van der Waals surface area contributed by atoms with Gasteiger partial charge in [-0.05, 0) is 64.2 Å². The second kappa shape index (κ2) is 12.8. The highest BCUT2D eigenvalue weighted by Crippen LogP contribution is 2.39. The van der Waals surface area contributed by atoms with Crippen LogP contribution in [0.3, 0.4) is 0 Å². The van der Waals surface area contributed by atoms with Gasteiger partial charge in [0.25, 0.3) is 0 Å². The predicted molar refractivity (Wildman–Crippen MR) is 121 cm³/mol. The summed E-state index contributed by atoms with van der Waals surface area (Å²) in [6, 6.07) is 0. The van der Waals surface area contributed by atoms with E-state index >= 15 is 0 Å². The second-order valence-electron chi connectivity index (χ2n) is 9.31. The van der Waals surface area contributed by atoms with Crippen molar-refractivity contribution in [3.05, 3.63) is 36.5 Å². The Morgan fingerprint density at radius 2 is 0.933 bits per heavy atom. The number of hydrogen-bond acceptors (Lipinski definition) is 2. The molecular weight excluding hydrogens is 376 g/mol. The highest BCUT2D eigenvalue weighted by Gasteiger charge is 2.38. The fourth-order valence-electron chi connectivity index (χ4n) is 4.77. The fraction of sp³-hybridized carbons (Fsp3) is 0.692. The maximum Gasteiger partial charge on any atom is 0.310 e. The van der Waals surface area contributed by atoms with E-state index in [0.29, 0.717) is 25.7 Å². The van der Waals surface area contributed by atoms with Crippen LogP contribution in [-0.2, 0) is 9.59 Å². The molecule has 2 aliphatic carbocycles. The number of carbonyl (C=O) groups is 2. The normalized spacial score (nSPS) is 19.1. The molecule has 0 radical (unpaired) electrons. The monoisotopic (exact) mass is 416 g/mol. The number of carboxylic acid groups (broad SMARTS) is 2. The molecule has 0 amide bonds. The number of hydrogen-bond donors (Lipinski definition) is 2. The highest BCUT2D eigenvalue weighted by atomic mass is 16.4. The zero-order valence-corrected chi connectivity index (χ0v) is 18.5. The third kappa shape index (κ3) is 7.45. The third-order valence-corrected chi connectivity index (χ3v) is 6.99. The molecule has 0 spiro atoms. The maximum atomic E-state index is 11.5. The number of carboxylic acids is 2. The lowest BCUT2D eigenvalue weighted by atomic mass is 9.80. The predicted octanol–water partition coefficient (Wildman–Crippen LogP) is 7.07. The number of rotatable bonds is 16. The largest absolute Gasteiger partial charge is 0.481 e. The minimum absolute atomic E-state index is 0.512. The Kier molecular flexibility index (Phi) is 10.4. The molecule has 4 nitrogen and oxygen atoms in total. The van der Waals surface area contributed by atoms with E-state index in [2.05, 4.69) is 12.2 Å². The standard InChI is InChI=1S/C26H40O4/c27-23(28)25(19-13-14-20-25)17-11-9-7-5-3-1-2-4-6-8-10-12-18-26(24(29)30)21-15-16-22-26/h1-2,13-16H,3-12,17-22H2,(H,27,28)(H,29,30)/b2-1-. The van der Waals surface area contributed by atoms with Crippen LogP contribution in [0.4, 0.5) is 0 Å². The summed E-state index contributed by atoms with van der Waals surface area (Å²) in [4.78, 5) is 23.0. The number of aliphatic carboxylic acids is 2. The van der Waals surface area contributed by atoms with E-state index in [-0.39, 0.29) is 0 Å². The Morgan fingerprint density at radius 3 is 1.27 bits per heavy atom. The molecule has 2 N–H and O–H groups in total. The first kappa shape index (κ1) is 24.4. The average molecular weight is 417 g/mol. The van der Waals surface area contributed by atoms with E-state index in [9.17, 15) is 19.8 Å². The molecule has 0 aromatic carbocycles. The molecule has 2 rings (SSSR count). The first-order valence-corrected chi connectivity index (χ1v) is 11.9. The first-order valence-electron chi connectivity index (χ1n) is 11.9. The van der Waals surface area contributed by atoms with Gasteiger partial charge in [0, 0.05) is 0 Å². The lowest BCUT2D eigenvalue weighted by molar-refractivity contribution is -0.149. The molecule has 30 heavy (non-hydrogen) atoms. The Bertz CT molecular complexity index is 559. The van der Waals surface area contributed by atoms with Crippen molar-refractivity contribution in [2.45, 2.75) is 103 Å². The van der Waals surface area contributed by atoms with Gasteiger partial charge >= 0.3 is 11.9 Å². The molecule has 0 fully saturated rings. The molecule has 0 atom stereocenters. The zero-order chi connectivity index (χ0) is 21.7. The smallest absolute Gasteiger partial charge is 0.310 e. The van der Waals surface area contributed by atoms with Crippen LogP contribution in [0.2, 0.25) is 0 Å². The maximum absolute atomic E-state index is 11.5. The summed E-state index contributed by atoms with van der Waals surface area (Å²) < 4.78 is 0. The van der Waals surface area contributed by atoms with Crippen molar-refractivity contribution in [3.63, 3.8) is 0 Å². The molecule has 0 bridgehead atoms. The first-order chi connectivity index (χ1) is 14.5. The lowest BCUT2D eigenvalue weighted by Crippen LogP contribution is -2.27. The van der Waals surface area contributed by atoms with Crippen molar-refractivity contribution >= 4 is 11.9 Å². The van der Waals surface area contributed by atoms with Crippen LogP contribution in [0.1, 0.15) is 103 Å². The van der Waals surface area contributed by atoms with E-state index in [1.54, 1.807) is 0 Å². The van der Waals surface area contributed by atoms with Crippen LogP contribution < -0.4 is 0 Å². The summed E-state index contributed by atoms with van der Waals surface area (Å²) in [6.07, 6.45) is 28.2. The van der Waals surface area contributed by atoms with Crippen molar-refractivity contribution in [3.8, 4) is 0 Å². The van der Waals surface area contributed by atoms with Gasteiger partial charge in [0.15, 0.2) is 0 Å². The summed E-state index contributed by atoms with van der Waals surface area (Å²) in [5.74, 6) is -1.26. The van der Waals surface area contributed by atoms with Crippen LogP contribution in [0, 0.1) is 10.8 Å². The summed E-state index contributed by atoms with van der Waals surface area (Å²) >= 11 is 0. The van der Waals surface area contributed by atoms with Crippen LogP contribution >= 0.6 is 0 Å². The van der Waals surface area contributed by atoms with Gasteiger partial charge in [-0.1, -0.05) is 75.0 Å². The molecule has 0 saturated carbocycles. The molecular formula is C26H40O4. The summed E-state index contributed by atoms with van der Waals surface area (Å²) in [5.41, 5.74) is -1.02. The van der Waals surface area contributed by atoms with E-state index in [0.717, 1.165) is 51.4 Å². The van der Waals surface area contributed by atoms with E-state index in [1.165, 1.54) is 25.7 Å². The van der Waals surface area contributed by atoms with Gasteiger partial charge in [-0.3, -0.25) is 9.59 Å². The highest BCUT2D eigenvalue weighted by molar-refractivity contribution is 5.76.